The third kappa shape index (κ3) is 33.8. The van der Waals surface area contributed by atoms with E-state index < -0.39 is 35.8 Å². The van der Waals surface area contributed by atoms with E-state index in [1.54, 1.807) is 0 Å². The summed E-state index contributed by atoms with van der Waals surface area (Å²) in [6.07, 6.45) is 26.2. The summed E-state index contributed by atoms with van der Waals surface area (Å²) >= 11 is 0. The molecule has 0 aromatic rings. The molecule has 0 fully saturated rings. The van der Waals surface area contributed by atoms with Crippen molar-refractivity contribution in [1.82, 2.24) is 4.90 Å². The van der Waals surface area contributed by atoms with Crippen LogP contribution in [0.2, 0.25) is 0 Å². The van der Waals surface area contributed by atoms with Crippen molar-refractivity contribution in [3.63, 3.8) is 0 Å². The number of carboxylic acid groups (broad SMARTS) is 2. The first-order chi connectivity index (χ1) is 29.9. The molecule has 0 bridgehead atoms. The van der Waals surface area contributed by atoms with Crippen LogP contribution in [-0.2, 0) is 38.2 Å². The fraction of sp³-hybridized carbons (Fsp3) is 0.902. The molecule has 0 aromatic heterocycles. The Kier molecular flexibility index (Phi) is 39.3. The number of hydrogen-bond acceptors (Lipinski definition) is 9. The zero-order chi connectivity index (χ0) is 46.2. The Balaban J connectivity index is 4.99. The van der Waals surface area contributed by atoms with E-state index in [-0.39, 0.29) is 43.0 Å². The van der Waals surface area contributed by atoms with E-state index in [0.717, 1.165) is 128 Å². The summed E-state index contributed by atoms with van der Waals surface area (Å²) in [5.74, 6) is -3.99. The Morgan fingerprint density at radius 2 is 0.774 bits per heavy atom. The SMILES string of the molecule is CCCCCCC(CCCC)C(=O)OCCCCCCCC(CC(CC(CCCCCCCOC(=O)C(CCCC)CCCCCC)C(=O)O)OC(=O)CCCN(C)C)C(=O)O. The zero-order valence-corrected chi connectivity index (χ0v) is 40.7. The predicted octanol–water partition coefficient (Wildman–Crippen LogP) is 12.7. The fourth-order valence-electron chi connectivity index (χ4n) is 8.22. The van der Waals surface area contributed by atoms with Gasteiger partial charge in [-0.1, -0.05) is 156 Å². The van der Waals surface area contributed by atoms with Crippen LogP contribution >= 0.6 is 0 Å². The highest BCUT2D eigenvalue weighted by molar-refractivity contribution is 5.73. The molecule has 11 nitrogen and oxygen atoms in total. The van der Waals surface area contributed by atoms with Crippen molar-refractivity contribution in [3.8, 4) is 0 Å². The van der Waals surface area contributed by atoms with Gasteiger partial charge in [0.15, 0.2) is 0 Å². The molecule has 0 spiro atoms. The molecule has 0 radical (unpaired) electrons. The van der Waals surface area contributed by atoms with E-state index in [0.29, 0.717) is 51.9 Å². The summed E-state index contributed by atoms with van der Waals surface area (Å²) in [6.45, 7) is 10.2. The number of carbonyl (C=O) groups excluding carboxylic acids is 3. The Bertz CT molecular complexity index is 1060. The lowest BCUT2D eigenvalue weighted by Crippen LogP contribution is -2.30. The average Bonchev–Trinajstić information content (AvgIpc) is 3.23. The van der Waals surface area contributed by atoms with Gasteiger partial charge in [0.1, 0.15) is 6.10 Å². The first kappa shape index (κ1) is 59.3. The van der Waals surface area contributed by atoms with Crippen molar-refractivity contribution in [1.29, 1.82) is 0 Å². The number of unbranched alkanes of at least 4 members (excludes halogenated alkanes) is 16. The summed E-state index contributed by atoms with van der Waals surface area (Å²) in [5.41, 5.74) is 0. The van der Waals surface area contributed by atoms with E-state index in [9.17, 15) is 34.2 Å². The highest BCUT2D eigenvalue weighted by Gasteiger charge is 2.30. The number of rotatable bonds is 45. The van der Waals surface area contributed by atoms with Crippen molar-refractivity contribution in [2.24, 2.45) is 23.7 Å². The van der Waals surface area contributed by atoms with Crippen LogP contribution in [0.1, 0.15) is 233 Å². The average molecular weight is 882 g/mol. The fourth-order valence-corrected chi connectivity index (χ4v) is 8.22. The lowest BCUT2D eigenvalue weighted by atomic mass is 9.88. The van der Waals surface area contributed by atoms with Gasteiger partial charge in [0.2, 0.25) is 0 Å². The van der Waals surface area contributed by atoms with Crippen LogP contribution in [0.15, 0.2) is 0 Å². The summed E-state index contributed by atoms with van der Waals surface area (Å²) in [6, 6.07) is 0. The van der Waals surface area contributed by atoms with E-state index >= 15 is 0 Å². The third-order valence-electron chi connectivity index (χ3n) is 12.3. The third-order valence-corrected chi connectivity index (χ3v) is 12.3. The molecular formula is C51H95NO10. The Morgan fingerprint density at radius 1 is 0.435 bits per heavy atom. The van der Waals surface area contributed by atoms with Crippen molar-refractivity contribution in [2.45, 2.75) is 239 Å². The van der Waals surface area contributed by atoms with Crippen LogP contribution in [0, 0.1) is 23.7 Å². The van der Waals surface area contributed by atoms with Crippen LogP contribution < -0.4 is 0 Å². The molecule has 4 atom stereocenters. The highest BCUT2D eigenvalue weighted by atomic mass is 16.5. The van der Waals surface area contributed by atoms with Gasteiger partial charge in [-0.2, -0.15) is 0 Å². The van der Waals surface area contributed by atoms with Gasteiger partial charge >= 0.3 is 29.8 Å². The number of hydrogen-bond donors (Lipinski definition) is 2. The van der Waals surface area contributed by atoms with Crippen LogP contribution in [-0.4, -0.2) is 84.9 Å². The minimum Gasteiger partial charge on any atom is -0.481 e. The van der Waals surface area contributed by atoms with Gasteiger partial charge in [-0.15, -0.1) is 0 Å². The second-order valence-electron chi connectivity index (χ2n) is 18.4. The quantitative estimate of drug-likeness (QED) is 0.0341. The summed E-state index contributed by atoms with van der Waals surface area (Å²) in [7, 11) is 3.85. The molecule has 0 aromatic carbocycles. The number of aliphatic carboxylic acids is 2. The van der Waals surface area contributed by atoms with Gasteiger partial charge in [0, 0.05) is 6.42 Å². The predicted molar refractivity (Wildman–Crippen MR) is 250 cm³/mol. The monoisotopic (exact) mass is 882 g/mol. The maximum Gasteiger partial charge on any atom is 0.308 e. The smallest absolute Gasteiger partial charge is 0.308 e. The minimum absolute atomic E-state index is 0.00903. The lowest BCUT2D eigenvalue weighted by Gasteiger charge is -2.25. The molecule has 62 heavy (non-hydrogen) atoms. The minimum atomic E-state index is -0.959. The number of esters is 3. The van der Waals surface area contributed by atoms with Crippen LogP contribution in [0.5, 0.6) is 0 Å². The summed E-state index contributed by atoms with van der Waals surface area (Å²) in [4.78, 5) is 65.3. The topological polar surface area (TPSA) is 157 Å². The number of nitrogens with zero attached hydrogens (tertiary/aromatic N) is 1. The van der Waals surface area contributed by atoms with E-state index in [1.165, 1.54) is 25.7 Å². The standard InChI is InChI=1S/C51H95NO10/c1-7-11-15-23-32-42(30-13-9-3)50(58)60-38-27-21-17-19-25-34-44(48(54)55)40-46(62-47(53)36-29-37-52(5)6)41-45(49(56)57)35-26-20-18-22-28-39-61-51(59)43(31-14-10-4)33-24-16-12-8-2/h42-46H,7-41H2,1-6H3,(H,54,55)(H,56,57). The molecule has 4 unspecified atom stereocenters. The van der Waals surface area contributed by atoms with Crippen molar-refractivity contribution < 1.29 is 48.4 Å². The van der Waals surface area contributed by atoms with Gasteiger partial charge in [-0.3, -0.25) is 24.0 Å². The van der Waals surface area contributed by atoms with Gasteiger partial charge in [0.25, 0.3) is 0 Å². The van der Waals surface area contributed by atoms with Crippen molar-refractivity contribution in [2.75, 3.05) is 33.9 Å². The van der Waals surface area contributed by atoms with E-state index in [4.69, 9.17) is 14.2 Å². The maximum absolute atomic E-state index is 12.9. The molecule has 11 heteroatoms. The van der Waals surface area contributed by atoms with Crippen LogP contribution in [0.25, 0.3) is 0 Å². The van der Waals surface area contributed by atoms with Crippen molar-refractivity contribution in [3.05, 3.63) is 0 Å². The molecule has 0 heterocycles. The van der Waals surface area contributed by atoms with E-state index in [2.05, 4.69) is 27.7 Å². The van der Waals surface area contributed by atoms with Crippen LogP contribution in [0.3, 0.4) is 0 Å². The molecule has 0 saturated heterocycles. The Morgan fingerprint density at radius 3 is 1.15 bits per heavy atom. The Labute approximate surface area is 378 Å². The first-order valence-corrected chi connectivity index (χ1v) is 25.5. The molecule has 0 rings (SSSR count). The molecule has 0 aliphatic rings. The molecular weight excluding hydrogens is 787 g/mol. The van der Waals surface area contributed by atoms with Gasteiger partial charge in [-0.05, 0) is 91.3 Å². The Hall–Kier alpha value is -2.69. The highest BCUT2D eigenvalue weighted by Crippen LogP contribution is 2.27. The van der Waals surface area contributed by atoms with Gasteiger partial charge < -0.3 is 29.3 Å². The molecule has 2 N–H and O–H groups in total. The number of carboxylic acids is 2. The lowest BCUT2D eigenvalue weighted by molar-refractivity contribution is -0.157. The maximum atomic E-state index is 12.9. The molecule has 0 amide bonds. The number of ether oxygens (including phenoxy) is 3. The zero-order valence-electron chi connectivity index (χ0n) is 40.7. The molecule has 0 aliphatic carbocycles. The first-order valence-electron chi connectivity index (χ1n) is 25.5. The van der Waals surface area contributed by atoms with Crippen molar-refractivity contribution >= 4 is 29.8 Å². The van der Waals surface area contributed by atoms with Crippen LogP contribution in [0.4, 0.5) is 0 Å². The van der Waals surface area contributed by atoms with Gasteiger partial charge in [-0.25, -0.2) is 0 Å². The summed E-state index contributed by atoms with van der Waals surface area (Å²) in [5, 5.41) is 20.3. The summed E-state index contributed by atoms with van der Waals surface area (Å²) < 4.78 is 17.2. The second kappa shape index (κ2) is 41.0. The van der Waals surface area contributed by atoms with Gasteiger partial charge in [0.05, 0.1) is 36.9 Å². The van der Waals surface area contributed by atoms with E-state index in [1.807, 2.05) is 19.0 Å². The second-order valence-corrected chi connectivity index (χ2v) is 18.4. The molecule has 0 saturated carbocycles. The normalized spacial score (nSPS) is 13.9. The molecule has 0 aliphatic heterocycles. The number of carbonyl (C=O) groups is 5. The largest absolute Gasteiger partial charge is 0.481 e. The molecule has 364 valence electrons.